The molecule has 0 radical (unpaired) electrons. The topological polar surface area (TPSA) is 71.1 Å². The maximum Gasteiger partial charge on any atom is 0.253 e. The Balaban J connectivity index is 1.92. The van der Waals surface area contributed by atoms with Gasteiger partial charge in [-0.05, 0) is 53.0 Å². The van der Waals surface area contributed by atoms with E-state index in [0.717, 1.165) is 16.5 Å². The number of hydrogen-bond acceptors (Lipinski definition) is 3. The molecule has 0 spiro atoms. The maximum atomic E-state index is 12.1. The fraction of sp³-hybridized carbons (Fsp3) is 0.278. The molecule has 2 amide bonds. The van der Waals surface area contributed by atoms with E-state index in [2.05, 4.69) is 31.5 Å². The highest BCUT2D eigenvalue weighted by atomic mass is 79.9. The third-order valence-electron chi connectivity index (χ3n) is 3.63. The molecule has 0 fully saturated rings. The standard InChI is InChI=1S/C18H20BrN3O2/c1-3-12(2)22-18(24)14-6-4-13(5-7-14)9-21-17(23)15-8-16(19)11-20-10-15/h4-8,10-12H,3,9H2,1-2H3,(H,21,23)(H,22,24)/t12-/m0/s1. The minimum atomic E-state index is -0.192. The van der Waals surface area contributed by atoms with Crippen LogP contribution in [0.2, 0.25) is 0 Å². The van der Waals surface area contributed by atoms with E-state index in [1.54, 1.807) is 24.4 Å². The first-order chi connectivity index (χ1) is 11.5. The van der Waals surface area contributed by atoms with Crippen molar-refractivity contribution in [3.05, 3.63) is 63.9 Å². The second-order valence-electron chi connectivity index (χ2n) is 5.55. The quantitative estimate of drug-likeness (QED) is 0.795. The number of hydrogen-bond donors (Lipinski definition) is 2. The van der Waals surface area contributed by atoms with Crippen molar-refractivity contribution in [2.45, 2.75) is 32.9 Å². The van der Waals surface area contributed by atoms with Crippen molar-refractivity contribution in [2.75, 3.05) is 0 Å². The van der Waals surface area contributed by atoms with Crippen molar-refractivity contribution < 1.29 is 9.59 Å². The van der Waals surface area contributed by atoms with Crippen LogP contribution in [0.25, 0.3) is 0 Å². The Kier molecular flexibility index (Phi) is 6.49. The first kappa shape index (κ1) is 18.1. The third-order valence-corrected chi connectivity index (χ3v) is 4.06. The number of carbonyl (C=O) groups excluding carboxylic acids is 2. The largest absolute Gasteiger partial charge is 0.350 e. The fourth-order valence-corrected chi connectivity index (χ4v) is 2.37. The molecule has 0 aliphatic rings. The molecule has 5 nitrogen and oxygen atoms in total. The number of nitrogens with zero attached hydrogens (tertiary/aromatic N) is 1. The molecule has 6 heteroatoms. The van der Waals surface area contributed by atoms with Gasteiger partial charge in [-0.25, -0.2) is 0 Å². The van der Waals surface area contributed by atoms with Gasteiger partial charge in [-0.3, -0.25) is 14.6 Å². The zero-order valence-electron chi connectivity index (χ0n) is 13.7. The van der Waals surface area contributed by atoms with Crippen LogP contribution in [-0.2, 0) is 6.54 Å². The van der Waals surface area contributed by atoms with Crippen molar-refractivity contribution in [3.63, 3.8) is 0 Å². The van der Waals surface area contributed by atoms with E-state index in [1.807, 2.05) is 26.0 Å². The summed E-state index contributed by atoms with van der Waals surface area (Å²) in [5.74, 6) is -0.275. The average molecular weight is 390 g/mol. The Morgan fingerprint density at radius 3 is 2.46 bits per heavy atom. The van der Waals surface area contributed by atoms with E-state index in [1.165, 1.54) is 6.20 Å². The van der Waals surface area contributed by atoms with Crippen LogP contribution in [0, 0.1) is 0 Å². The van der Waals surface area contributed by atoms with Crippen LogP contribution in [0.5, 0.6) is 0 Å². The average Bonchev–Trinajstić information content (AvgIpc) is 2.59. The molecule has 126 valence electrons. The van der Waals surface area contributed by atoms with E-state index in [9.17, 15) is 9.59 Å². The Bertz CT molecular complexity index is 716. The molecule has 1 aromatic carbocycles. The molecule has 2 rings (SSSR count). The molecule has 2 aromatic rings. The van der Waals surface area contributed by atoms with Gasteiger partial charge in [0.05, 0.1) is 5.56 Å². The van der Waals surface area contributed by atoms with Crippen LogP contribution in [0.3, 0.4) is 0 Å². The summed E-state index contributed by atoms with van der Waals surface area (Å²) in [5, 5.41) is 5.75. The minimum absolute atomic E-state index is 0.0832. The van der Waals surface area contributed by atoms with Gasteiger partial charge in [0, 0.05) is 35.0 Å². The van der Waals surface area contributed by atoms with Crippen molar-refractivity contribution in [1.82, 2.24) is 15.6 Å². The molecule has 0 saturated carbocycles. The molecular weight excluding hydrogens is 370 g/mol. The zero-order chi connectivity index (χ0) is 17.5. The molecule has 0 unspecified atom stereocenters. The SMILES string of the molecule is CC[C@H](C)NC(=O)c1ccc(CNC(=O)c2cncc(Br)c2)cc1. The highest BCUT2D eigenvalue weighted by molar-refractivity contribution is 9.10. The molecule has 2 N–H and O–H groups in total. The summed E-state index contributed by atoms with van der Waals surface area (Å²) in [5.41, 5.74) is 2.03. The highest BCUT2D eigenvalue weighted by Gasteiger charge is 2.09. The van der Waals surface area contributed by atoms with Crippen LogP contribution in [-0.4, -0.2) is 22.8 Å². The molecule has 1 heterocycles. The lowest BCUT2D eigenvalue weighted by Crippen LogP contribution is -2.31. The number of rotatable bonds is 6. The smallest absolute Gasteiger partial charge is 0.253 e. The zero-order valence-corrected chi connectivity index (χ0v) is 15.3. The Labute approximate surface area is 150 Å². The number of pyridine rings is 1. The number of aromatic nitrogens is 1. The van der Waals surface area contributed by atoms with Gasteiger partial charge in [0.25, 0.3) is 11.8 Å². The van der Waals surface area contributed by atoms with Gasteiger partial charge >= 0.3 is 0 Å². The molecule has 24 heavy (non-hydrogen) atoms. The molecule has 0 aliphatic heterocycles. The second-order valence-corrected chi connectivity index (χ2v) is 6.47. The van der Waals surface area contributed by atoms with Gasteiger partial charge in [-0.1, -0.05) is 19.1 Å². The second kappa shape index (κ2) is 8.59. The Hall–Kier alpha value is -2.21. The number of amides is 2. The highest BCUT2D eigenvalue weighted by Crippen LogP contribution is 2.10. The summed E-state index contributed by atoms with van der Waals surface area (Å²) in [7, 11) is 0. The Morgan fingerprint density at radius 1 is 1.12 bits per heavy atom. The lowest BCUT2D eigenvalue weighted by Gasteiger charge is -2.11. The van der Waals surface area contributed by atoms with Crippen molar-refractivity contribution >= 4 is 27.7 Å². The summed E-state index contributed by atoms with van der Waals surface area (Å²) in [6.07, 6.45) is 4.03. The fourth-order valence-electron chi connectivity index (χ4n) is 2.00. The van der Waals surface area contributed by atoms with Gasteiger partial charge in [-0.2, -0.15) is 0 Å². The summed E-state index contributed by atoms with van der Waals surface area (Å²) >= 11 is 3.29. The van der Waals surface area contributed by atoms with Crippen LogP contribution in [0.15, 0.2) is 47.2 Å². The van der Waals surface area contributed by atoms with Crippen molar-refractivity contribution in [3.8, 4) is 0 Å². The van der Waals surface area contributed by atoms with Gasteiger partial charge in [0.15, 0.2) is 0 Å². The normalized spacial score (nSPS) is 11.6. The predicted octanol–water partition coefficient (Wildman–Crippen LogP) is 3.30. The summed E-state index contributed by atoms with van der Waals surface area (Å²) in [6, 6.07) is 9.07. The van der Waals surface area contributed by atoms with E-state index in [-0.39, 0.29) is 17.9 Å². The van der Waals surface area contributed by atoms with Crippen LogP contribution < -0.4 is 10.6 Å². The summed E-state index contributed by atoms with van der Waals surface area (Å²) < 4.78 is 0.756. The number of halogens is 1. The van der Waals surface area contributed by atoms with E-state index in [4.69, 9.17) is 0 Å². The van der Waals surface area contributed by atoms with E-state index in [0.29, 0.717) is 17.7 Å². The predicted molar refractivity (Wildman–Crippen MR) is 96.8 cm³/mol. The Morgan fingerprint density at radius 2 is 1.83 bits per heavy atom. The van der Waals surface area contributed by atoms with E-state index < -0.39 is 0 Å². The first-order valence-electron chi connectivity index (χ1n) is 7.78. The molecule has 0 bridgehead atoms. The summed E-state index contributed by atoms with van der Waals surface area (Å²) in [6.45, 7) is 4.38. The molecule has 0 saturated heterocycles. The molecular formula is C18H20BrN3O2. The lowest BCUT2D eigenvalue weighted by molar-refractivity contribution is 0.0934. The third kappa shape index (κ3) is 5.16. The first-order valence-corrected chi connectivity index (χ1v) is 8.57. The van der Waals surface area contributed by atoms with Crippen LogP contribution in [0.4, 0.5) is 0 Å². The van der Waals surface area contributed by atoms with Crippen molar-refractivity contribution in [2.24, 2.45) is 0 Å². The monoisotopic (exact) mass is 389 g/mol. The van der Waals surface area contributed by atoms with Gasteiger partial charge in [0.2, 0.25) is 0 Å². The molecule has 1 aromatic heterocycles. The molecule has 0 aliphatic carbocycles. The van der Waals surface area contributed by atoms with Gasteiger partial charge in [0.1, 0.15) is 0 Å². The van der Waals surface area contributed by atoms with Crippen LogP contribution >= 0.6 is 15.9 Å². The van der Waals surface area contributed by atoms with E-state index >= 15 is 0 Å². The summed E-state index contributed by atoms with van der Waals surface area (Å²) in [4.78, 5) is 28.0. The van der Waals surface area contributed by atoms with Gasteiger partial charge < -0.3 is 10.6 Å². The number of benzene rings is 1. The van der Waals surface area contributed by atoms with Crippen LogP contribution in [0.1, 0.15) is 46.5 Å². The lowest BCUT2D eigenvalue weighted by atomic mass is 10.1. The minimum Gasteiger partial charge on any atom is -0.350 e. The van der Waals surface area contributed by atoms with Crippen molar-refractivity contribution in [1.29, 1.82) is 0 Å². The number of nitrogens with one attached hydrogen (secondary N) is 2. The molecule has 1 atom stereocenters. The number of carbonyl (C=O) groups is 2. The maximum absolute atomic E-state index is 12.1. The van der Waals surface area contributed by atoms with Gasteiger partial charge in [-0.15, -0.1) is 0 Å².